The van der Waals surface area contributed by atoms with Gasteiger partial charge in [0, 0.05) is 10.0 Å². The van der Waals surface area contributed by atoms with Crippen molar-refractivity contribution in [3.8, 4) is 11.5 Å². The molecule has 1 aliphatic heterocycles. The maximum atomic E-state index is 14.1. The molecular weight excluding hydrogens is 652 g/mol. The number of nitrogens with zero attached hydrogens (tertiary/aromatic N) is 2. The molecule has 6 rings (SSSR count). The van der Waals surface area contributed by atoms with E-state index in [9.17, 15) is 9.59 Å². The summed E-state index contributed by atoms with van der Waals surface area (Å²) in [5.74, 6) is 0.806. The Balaban J connectivity index is 1.44. The Morgan fingerprint density at radius 3 is 2.42 bits per heavy atom. The highest BCUT2D eigenvalue weighted by Gasteiger charge is 2.35. The van der Waals surface area contributed by atoms with Crippen molar-refractivity contribution in [3.05, 3.63) is 155 Å². The summed E-state index contributed by atoms with van der Waals surface area (Å²) in [4.78, 5) is 33.1. The normalized spacial score (nSPS) is 14.5. The molecule has 1 aromatic heterocycles. The minimum absolute atomic E-state index is 0.183. The third kappa shape index (κ3) is 6.55. The van der Waals surface area contributed by atoms with E-state index >= 15 is 0 Å². The first-order valence-corrected chi connectivity index (χ1v) is 16.0. The fourth-order valence-electron chi connectivity index (χ4n) is 5.13. The van der Waals surface area contributed by atoms with Gasteiger partial charge < -0.3 is 14.2 Å². The van der Waals surface area contributed by atoms with Crippen LogP contribution in [0.1, 0.15) is 35.2 Å². The van der Waals surface area contributed by atoms with Gasteiger partial charge in [0.15, 0.2) is 4.80 Å². The zero-order chi connectivity index (χ0) is 31.3. The molecule has 0 N–H and O–H groups in total. The first kappa shape index (κ1) is 30.3. The van der Waals surface area contributed by atoms with E-state index in [0.29, 0.717) is 38.5 Å². The second-order valence-corrected chi connectivity index (χ2v) is 12.1. The van der Waals surface area contributed by atoms with E-state index in [1.807, 2.05) is 109 Å². The molecule has 45 heavy (non-hydrogen) atoms. The lowest BCUT2D eigenvalue weighted by atomic mass is 9.93. The molecule has 1 aliphatic rings. The summed E-state index contributed by atoms with van der Waals surface area (Å²) in [6.45, 7) is 2.39. The molecule has 0 aliphatic carbocycles. The van der Waals surface area contributed by atoms with Crippen molar-refractivity contribution < 1.29 is 19.0 Å². The van der Waals surface area contributed by atoms with Crippen LogP contribution >= 0.6 is 27.3 Å². The molecule has 0 fully saturated rings. The van der Waals surface area contributed by atoms with Crippen LogP contribution in [-0.4, -0.2) is 24.3 Å². The van der Waals surface area contributed by atoms with Gasteiger partial charge in [0.2, 0.25) is 0 Å². The monoisotopic (exact) mass is 680 g/mol. The van der Waals surface area contributed by atoms with Crippen molar-refractivity contribution in [3.63, 3.8) is 0 Å². The number of ether oxygens (including phenoxy) is 3. The van der Waals surface area contributed by atoms with Crippen molar-refractivity contribution >= 4 is 45.0 Å². The van der Waals surface area contributed by atoms with Crippen molar-refractivity contribution in [2.75, 3.05) is 13.7 Å². The van der Waals surface area contributed by atoms with Crippen molar-refractivity contribution in [2.24, 2.45) is 4.99 Å². The van der Waals surface area contributed by atoms with Crippen LogP contribution in [0.2, 0.25) is 0 Å². The van der Waals surface area contributed by atoms with E-state index in [2.05, 4.69) is 15.9 Å². The highest BCUT2D eigenvalue weighted by molar-refractivity contribution is 9.10. The average molecular weight is 682 g/mol. The first-order chi connectivity index (χ1) is 21.9. The van der Waals surface area contributed by atoms with Gasteiger partial charge in [-0.2, -0.15) is 0 Å². The van der Waals surface area contributed by atoms with Crippen molar-refractivity contribution in [2.45, 2.75) is 19.6 Å². The smallest absolute Gasteiger partial charge is 0.338 e. The van der Waals surface area contributed by atoms with Crippen molar-refractivity contribution in [1.82, 2.24) is 4.57 Å². The molecule has 0 saturated heterocycles. The van der Waals surface area contributed by atoms with E-state index in [0.717, 1.165) is 26.9 Å². The summed E-state index contributed by atoms with van der Waals surface area (Å²) >= 11 is 4.73. The summed E-state index contributed by atoms with van der Waals surface area (Å²) < 4.78 is 20.1. The Labute approximate surface area is 272 Å². The highest BCUT2D eigenvalue weighted by Crippen LogP contribution is 2.36. The summed E-state index contributed by atoms with van der Waals surface area (Å²) in [5, 5.41) is 0. The molecule has 5 aromatic rings. The van der Waals surface area contributed by atoms with Gasteiger partial charge in [-0.05, 0) is 66.1 Å². The zero-order valence-corrected chi connectivity index (χ0v) is 27.0. The number of hydrogen-bond acceptors (Lipinski definition) is 7. The van der Waals surface area contributed by atoms with Crippen LogP contribution in [-0.2, 0) is 16.1 Å². The molecule has 226 valence electrons. The molecule has 0 radical (unpaired) electrons. The molecule has 0 bridgehead atoms. The lowest BCUT2D eigenvalue weighted by Gasteiger charge is -2.26. The molecule has 0 unspecified atom stereocenters. The van der Waals surface area contributed by atoms with Crippen LogP contribution in [0.25, 0.3) is 11.8 Å². The summed E-state index contributed by atoms with van der Waals surface area (Å²) in [6, 6.07) is 31.7. The fourth-order valence-corrected chi connectivity index (χ4v) is 6.39. The first-order valence-electron chi connectivity index (χ1n) is 14.3. The van der Waals surface area contributed by atoms with Crippen LogP contribution in [0.4, 0.5) is 0 Å². The zero-order valence-electron chi connectivity index (χ0n) is 24.6. The maximum Gasteiger partial charge on any atom is 0.338 e. The predicted molar refractivity (Wildman–Crippen MR) is 179 cm³/mol. The van der Waals surface area contributed by atoms with E-state index in [4.69, 9.17) is 19.2 Å². The standard InChI is InChI=1S/C36H29BrN2O5S/c1-3-43-35(41)31-32(25-8-5-4-6-9-25)38-36-39(33(31)26-10-7-11-29(21-26)42-2)34(40)30(45-36)20-23-14-18-28(19-15-23)44-22-24-12-16-27(37)17-13-24/h4-21,33H,3,22H2,1-2H3/b30-20-/t33-/m0/s1. The van der Waals surface area contributed by atoms with Gasteiger partial charge in [-0.25, -0.2) is 9.79 Å². The lowest BCUT2D eigenvalue weighted by molar-refractivity contribution is -0.138. The molecule has 1 atom stereocenters. The number of thiazole rings is 1. The maximum absolute atomic E-state index is 14.1. The average Bonchev–Trinajstić information content (AvgIpc) is 3.38. The molecule has 2 heterocycles. The lowest BCUT2D eigenvalue weighted by Crippen LogP contribution is -2.40. The number of aromatic nitrogens is 1. The van der Waals surface area contributed by atoms with Crippen LogP contribution in [0, 0.1) is 0 Å². The Bertz CT molecular complexity index is 2050. The number of benzene rings is 4. The van der Waals surface area contributed by atoms with Crippen LogP contribution in [0.15, 0.2) is 123 Å². The van der Waals surface area contributed by atoms with Crippen LogP contribution < -0.4 is 24.4 Å². The van der Waals surface area contributed by atoms with Gasteiger partial charge in [-0.15, -0.1) is 0 Å². The number of fused-ring (bicyclic) bond motifs is 1. The van der Waals surface area contributed by atoms with Gasteiger partial charge in [0.05, 0.1) is 35.6 Å². The second-order valence-electron chi connectivity index (χ2n) is 10.2. The highest BCUT2D eigenvalue weighted by atomic mass is 79.9. The van der Waals surface area contributed by atoms with Crippen molar-refractivity contribution in [1.29, 1.82) is 0 Å². The van der Waals surface area contributed by atoms with Gasteiger partial charge in [-0.1, -0.05) is 94.0 Å². The number of carbonyl (C=O) groups excluding carboxylic acids is 1. The quantitative estimate of drug-likeness (QED) is 0.171. The molecule has 9 heteroatoms. The summed E-state index contributed by atoms with van der Waals surface area (Å²) in [7, 11) is 1.58. The van der Waals surface area contributed by atoms with Crippen LogP contribution in [0.3, 0.4) is 0 Å². The minimum atomic E-state index is -0.776. The van der Waals surface area contributed by atoms with Gasteiger partial charge in [0.1, 0.15) is 18.1 Å². The Morgan fingerprint density at radius 2 is 1.71 bits per heavy atom. The molecule has 4 aromatic carbocycles. The molecule has 0 amide bonds. The van der Waals surface area contributed by atoms with E-state index in [1.54, 1.807) is 18.6 Å². The Hall–Kier alpha value is -4.73. The number of hydrogen-bond donors (Lipinski definition) is 0. The number of halogens is 1. The van der Waals surface area contributed by atoms with E-state index in [-0.39, 0.29) is 12.2 Å². The number of rotatable bonds is 9. The van der Waals surface area contributed by atoms with Gasteiger partial charge in [0.25, 0.3) is 5.56 Å². The number of esters is 1. The third-order valence-electron chi connectivity index (χ3n) is 7.28. The predicted octanol–water partition coefficient (Wildman–Crippen LogP) is 6.29. The van der Waals surface area contributed by atoms with Gasteiger partial charge >= 0.3 is 5.97 Å². The Morgan fingerprint density at radius 1 is 0.956 bits per heavy atom. The third-order valence-corrected chi connectivity index (χ3v) is 8.79. The molecular formula is C36H29BrN2O5S. The Kier molecular flexibility index (Phi) is 9.09. The summed E-state index contributed by atoms with van der Waals surface area (Å²) in [6.07, 6.45) is 1.83. The molecule has 7 nitrogen and oxygen atoms in total. The second kappa shape index (κ2) is 13.5. The fraction of sp³-hybridized carbons (Fsp3) is 0.139. The van der Waals surface area contributed by atoms with Gasteiger partial charge in [-0.3, -0.25) is 9.36 Å². The summed E-state index contributed by atoms with van der Waals surface area (Å²) in [5.41, 5.74) is 3.87. The molecule has 0 saturated carbocycles. The number of carbonyl (C=O) groups is 1. The topological polar surface area (TPSA) is 79.1 Å². The molecule has 0 spiro atoms. The number of methoxy groups -OCH3 is 1. The van der Waals surface area contributed by atoms with Crippen LogP contribution in [0.5, 0.6) is 11.5 Å². The van der Waals surface area contributed by atoms with E-state index in [1.165, 1.54) is 11.3 Å². The largest absolute Gasteiger partial charge is 0.497 e. The minimum Gasteiger partial charge on any atom is -0.497 e. The van der Waals surface area contributed by atoms with E-state index < -0.39 is 12.0 Å². The SMILES string of the molecule is CCOC(=O)C1=C(c2ccccc2)N=c2s/c(=C\c3ccc(OCc4ccc(Br)cc4)cc3)c(=O)n2[C@H]1c1cccc(OC)c1.